The normalized spacial score (nSPS) is 30.8. The molecular weight excluding hydrogens is 566 g/mol. The van der Waals surface area contributed by atoms with Crippen molar-refractivity contribution in [1.82, 2.24) is 4.98 Å². The molecule has 2 unspecified atom stereocenters. The van der Waals surface area contributed by atoms with Crippen LogP contribution in [0.2, 0.25) is 0 Å². The molecule has 0 radical (unpaired) electrons. The summed E-state index contributed by atoms with van der Waals surface area (Å²) >= 11 is 0. The Kier molecular flexibility index (Phi) is 7.93. The summed E-state index contributed by atoms with van der Waals surface area (Å²) in [6.07, 6.45) is 8.77. The Morgan fingerprint density at radius 3 is 2.42 bits per heavy atom. The monoisotopic (exact) mass is 613 g/mol. The summed E-state index contributed by atoms with van der Waals surface area (Å²) in [4.78, 5) is 36.6. The van der Waals surface area contributed by atoms with Crippen molar-refractivity contribution in [1.29, 1.82) is 0 Å². The van der Waals surface area contributed by atoms with Crippen molar-refractivity contribution in [3.05, 3.63) is 64.5 Å². The first-order valence-electron chi connectivity index (χ1n) is 16.2. The molecule has 2 atom stereocenters. The highest BCUT2D eigenvalue weighted by atomic mass is 16.5. The largest absolute Gasteiger partial charge is 0.476 e. The average molecular weight is 614 g/mol. The Morgan fingerprint density at radius 2 is 1.78 bits per heavy atom. The molecule has 7 rings (SSSR count). The van der Waals surface area contributed by atoms with Crippen molar-refractivity contribution >= 4 is 28.9 Å². The van der Waals surface area contributed by atoms with E-state index in [1.165, 1.54) is 12.6 Å². The van der Waals surface area contributed by atoms with E-state index >= 15 is 0 Å². The molecule has 1 aliphatic heterocycles. The van der Waals surface area contributed by atoms with Crippen molar-refractivity contribution in [3.8, 4) is 0 Å². The highest BCUT2D eigenvalue weighted by Crippen LogP contribution is 2.71. The van der Waals surface area contributed by atoms with Crippen LogP contribution < -0.4 is 16.4 Å². The van der Waals surface area contributed by atoms with Crippen molar-refractivity contribution in [3.63, 3.8) is 0 Å². The van der Waals surface area contributed by atoms with Crippen LogP contribution in [-0.4, -0.2) is 59.4 Å². The van der Waals surface area contributed by atoms with Gasteiger partial charge in [0.15, 0.2) is 11.5 Å². The summed E-state index contributed by atoms with van der Waals surface area (Å²) in [6.45, 7) is 11.2. The van der Waals surface area contributed by atoms with Crippen LogP contribution in [0.1, 0.15) is 104 Å². The number of carboxylic acids is 1. The van der Waals surface area contributed by atoms with Crippen LogP contribution in [0.25, 0.3) is 5.57 Å². The molecule has 45 heavy (non-hydrogen) atoms. The fourth-order valence-electron chi connectivity index (χ4n) is 10.3. The molecule has 4 bridgehead atoms. The number of nitrogens with two attached hydrogens (primary N) is 2. The van der Waals surface area contributed by atoms with Crippen molar-refractivity contribution in [2.45, 2.75) is 84.8 Å². The van der Waals surface area contributed by atoms with E-state index in [-0.39, 0.29) is 33.3 Å². The predicted octanol–water partition coefficient (Wildman–Crippen LogP) is 5.40. The zero-order chi connectivity index (χ0) is 32.2. The topological polar surface area (TPSA) is 144 Å². The number of ketones is 1. The molecule has 4 aliphatic carbocycles. The van der Waals surface area contributed by atoms with E-state index in [1.54, 1.807) is 13.0 Å². The number of fused-ring (bicyclic) bond motifs is 1. The zero-order valence-electron chi connectivity index (χ0n) is 27.1. The number of allylic oxidation sites excluding steroid dienone is 1. The van der Waals surface area contributed by atoms with E-state index in [0.29, 0.717) is 61.0 Å². The minimum absolute atomic E-state index is 0.0192. The number of pyridine rings is 1. The van der Waals surface area contributed by atoms with Crippen molar-refractivity contribution in [2.24, 2.45) is 32.7 Å². The van der Waals surface area contributed by atoms with E-state index in [9.17, 15) is 14.7 Å². The quantitative estimate of drug-likeness (QED) is 0.239. The van der Waals surface area contributed by atoms with E-state index in [0.717, 1.165) is 49.7 Å². The van der Waals surface area contributed by atoms with E-state index in [2.05, 4.69) is 24.9 Å². The first kappa shape index (κ1) is 31.4. The first-order chi connectivity index (χ1) is 21.3. The maximum absolute atomic E-state index is 12.6. The van der Waals surface area contributed by atoms with Gasteiger partial charge in [0.1, 0.15) is 5.82 Å². The molecule has 9 heteroatoms. The van der Waals surface area contributed by atoms with Gasteiger partial charge < -0.3 is 26.2 Å². The van der Waals surface area contributed by atoms with Crippen LogP contribution in [0.15, 0.2) is 41.5 Å². The summed E-state index contributed by atoms with van der Waals surface area (Å²) in [7, 11) is 0. The number of nitrogens with zero attached hydrogens (tertiary/aromatic N) is 3. The molecule has 5 N–H and O–H groups in total. The minimum Gasteiger partial charge on any atom is -0.476 e. The van der Waals surface area contributed by atoms with E-state index < -0.39 is 5.97 Å². The Balaban J connectivity index is 1.26. The van der Waals surface area contributed by atoms with Gasteiger partial charge >= 0.3 is 5.97 Å². The summed E-state index contributed by atoms with van der Waals surface area (Å²) in [5, 5.41) is 10.3. The second-order valence-electron chi connectivity index (χ2n) is 15.0. The highest BCUT2D eigenvalue weighted by molar-refractivity contribution is 6.24. The standard InChI is InChI=1S/C36H47N5O4/c1-23(39-22-35-17-33(3)16-34(4,18-35)20-36(19-33,21-35)45-13-11-37)28(14-38)27-8-9-30(40-31(27)32(43)44)41-12-10-25-6-5-7-26(24(2)42)29(25)15-41/h5-9,14H,10-13,15-22,37-38H2,1-4H3,(H,43,44). The molecule has 4 fully saturated rings. The average Bonchev–Trinajstić information content (AvgIpc) is 2.97. The maximum atomic E-state index is 12.6. The summed E-state index contributed by atoms with van der Waals surface area (Å²) < 4.78 is 6.53. The Hall–Kier alpha value is -3.56. The van der Waals surface area contributed by atoms with Crippen LogP contribution in [0.3, 0.4) is 0 Å². The predicted molar refractivity (Wildman–Crippen MR) is 177 cm³/mol. The molecule has 0 saturated heterocycles. The number of Topliss-reactive ketones (excluding diaryl/α,β-unsaturated/α-hetero) is 1. The van der Waals surface area contributed by atoms with Gasteiger partial charge in [-0.05, 0) is 98.3 Å². The Bertz CT molecular complexity index is 1580. The minimum atomic E-state index is -1.12. The molecular formula is C36H47N5O4. The number of aromatic carboxylic acids is 1. The lowest BCUT2D eigenvalue weighted by Gasteiger charge is -2.69. The molecule has 1 aromatic heterocycles. The van der Waals surface area contributed by atoms with Crippen LogP contribution >= 0.6 is 0 Å². The number of aliphatic imine (C=N–C) groups is 1. The second kappa shape index (κ2) is 11.4. The van der Waals surface area contributed by atoms with Gasteiger partial charge in [-0.2, -0.15) is 0 Å². The van der Waals surface area contributed by atoms with Gasteiger partial charge in [-0.25, -0.2) is 9.78 Å². The molecule has 9 nitrogen and oxygen atoms in total. The molecule has 0 amide bonds. The van der Waals surface area contributed by atoms with Gasteiger partial charge in [0, 0.05) is 54.8 Å². The third-order valence-electron chi connectivity index (χ3n) is 10.7. The molecule has 2 heterocycles. The first-order valence-corrected chi connectivity index (χ1v) is 16.2. The summed E-state index contributed by atoms with van der Waals surface area (Å²) in [5.41, 5.74) is 16.8. The van der Waals surface area contributed by atoms with Gasteiger partial charge in [0.2, 0.25) is 0 Å². The van der Waals surface area contributed by atoms with Crippen molar-refractivity contribution in [2.75, 3.05) is 31.1 Å². The maximum Gasteiger partial charge on any atom is 0.355 e. The van der Waals surface area contributed by atoms with Gasteiger partial charge in [0.05, 0.1) is 12.2 Å². The van der Waals surface area contributed by atoms with E-state index in [4.69, 9.17) is 21.2 Å². The lowest BCUT2D eigenvalue weighted by atomic mass is 9.39. The van der Waals surface area contributed by atoms with Crippen LogP contribution in [0, 0.1) is 16.2 Å². The molecule has 0 spiro atoms. The Morgan fingerprint density at radius 1 is 1.04 bits per heavy atom. The number of rotatable bonds is 10. The lowest BCUT2D eigenvalue weighted by molar-refractivity contribution is -0.241. The van der Waals surface area contributed by atoms with Crippen LogP contribution in [0.5, 0.6) is 0 Å². The number of hydrogen-bond acceptors (Lipinski definition) is 8. The smallest absolute Gasteiger partial charge is 0.355 e. The van der Waals surface area contributed by atoms with Gasteiger partial charge in [-0.3, -0.25) is 9.79 Å². The number of aromatic nitrogens is 1. The number of carbonyl (C=O) groups excluding carboxylic acids is 1. The number of anilines is 1. The number of benzene rings is 1. The SMILES string of the molecule is CC(=O)c1cccc2c1CN(c1ccc(C(=CN)C(C)=NCC34CC5(C)CC(C)(C3)CC(OCCN)(C5)C4)c(C(=O)O)n1)CC2. The van der Waals surface area contributed by atoms with E-state index in [1.807, 2.05) is 30.0 Å². The number of ether oxygens (including phenoxy) is 1. The third kappa shape index (κ3) is 5.81. The van der Waals surface area contributed by atoms with Gasteiger partial charge in [0.25, 0.3) is 0 Å². The van der Waals surface area contributed by atoms with Crippen LogP contribution in [0.4, 0.5) is 5.82 Å². The van der Waals surface area contributed by atoms with Crippen LogP contribution in [-0.2, 0) is 17.7 Å². The van der Waals surface area contributed by atoms with Crippen molar-refractivity contribution < 1.29 is 19.4 Å². The van der Waals surface area contributed by atoms with Gasteiger partial charge in [-0.15, -0.1) is 0 Å². The summed E-state index contributed by atoms with van der Waals surface area (Å²) in [5.74, 6) is -0.545. The number of carboxylic acid groups (broad SMARTS) is 1. The fourth-order valence-corrected chi connectivity index (χ4v) is 10.3. The molecule has 2 aromatic rings. The second-order valence-corrected chi connectivity index (χ2v) is 15.0. The molecule has 5 aliphatic rings. The number of hydrogen-bond donors (Lipinski definition) is 3. The third-order valence-corrected chi connectivity index (χ3v) is 10.7. The summed E-state index contributed by atoms with van der Waals surface area (Å²) in [6, 6.07) is 9.46. The van der Waals surface area contributed by atoms with Gasteiger partial charge in [-0.1, -0.05) is 32.0 Å². The molecule has 1 aromatic carbocycles. The lowest BCUT2D eigenvalue weighted by Crippen LogP contribution is -2.64. The number of carbonyl (C=O) groups is 2. The molecule has 240 valence electrons. The Labute approximate surface area is 266 Å². The molecule has 4 saturated carbocycles. The zero-order valence-corrected chi connectivity index (χ0v) is 27.1. The highest BCUT2D eigenvalue weighted by Gasteiger charge is 2.66. The fraction of sp³-hybridized carbons (Fsp3) is 0.556.